The summed E-state index contributed by atoms with van der Waals surface area (Å²) in [6, 6.07) is 54.0. The third-order valence-electron chi connectivity index (χ3n) is 9.85. The molecule has 0 saturated heterocycles. The molecule has 0 amide bonds. The van der Waals surface area contributed by atoms with Gasteiger partial charge < -0.3 is 5.32 Å². The van der Waals surface area contributed by atoms with E-state index in [1.165, 1.54) is 60.1 Å². The Labute approximate surface area is 283 Å². The average Bonchev–Trinajstić information content (AvgIpc) is 3.51. The number of para-hydroxylation sites is 1. The Balaban J connectivity index is 1.15. The number of nitrogens with zero attached hydrogens (tertiary/aromatic N) is 3. The molecule has 4 nitrogen and oxygen atoms in total. The van der Waals surface area contributed by atoms with Crippen molar-refractivity contribution in [3.8, 4) is 39.6 Å². The summed E-state index contributed by atoms with van der Waals surface area (Å²) in [7, 11) is 0. The van der Waals surface area contributed by atoms with Crippen LogP contribution in [0.1, 0.15) is 11.3 Å². The van der Waals surface area contributed by atoms with Gasteiger partial charge in [-0.25, -0.2) is 9.97 Å². The molecule has 230 valence electrons. The van der Waals surface area contributed by atoms with E-state index in [4.69, 9.17) is 9.97 Å². The molecule has 6 aromatic carbocycles. The minimum atomic E-state index is 0.746. The molecule has 0 fully saturated rings. The van der Waals surface area contributed by atoms with Gasteiger partial charge in [0.2, 0.25) is 0 Å². The average molecular weight is 627 g/mol. The molecule has 0 atom stereocenters. The number of aromatic nitrogens is 3. The maximum absolute atomic E-state index is 5.33. The van der Waals surface area contributed by atoms with Crippen LogP contribution in [0.15, 0.2) is 158 Å². The molecule has 9 aromatic rings. The largest absolute Gasteiger partial charge is 0.385 e. The van der Waals surface area contributed by atoms with Crippen LogP contribution in [0, 0.1) is 0 Å². The van der Waals surface area contributed by atoms with Gasteiger partial charge in [-0.3, -0.25) is 4.57 Å². The molecule has 49 heavy (non-hydrogen) atoms. The monoisotopic (exact) mass is 626 g/mol. The smallest absolute Gasteiger partial charge is 0.138 e. The molecular formula is C45H30N4. The fourth-order valence-electron chi connectivity index (χ4n) is 7.70. The SMILES string of the molecule is C1=Cc2c(n(-c3cccc(-c4cccc(-c5c6ccccc6c(-c6ccc7ccccc7c6)c6ccccc56)n4)n3)c3ccccc23)CN1. The normalized spacial score (nSPS) is 12.5. The second-order valence-corrected chi connectivity index (χ2v) is 12.6. The third kappa shape index (κ3) is 4.38. The first-order valence-electron chi connectivity index (χ1n) is 16.7. The topological polar surface area (TPSA) is 42.7 Å². The zero-order chi connectivity index (χ0) is 32.3. The van der Waals surface area contributed by atoms with E-state index in [-0.39, 0.29) is 0 Å². The van der Waals surface area contributed by atoms with Crippen molar-refractivity contribution in [2.45, 2.75) is 6.54 Å². The molecule has 1 aliphatic heterocycles. The Bertz CT molecular complexity index is 2730. The van der Waals surface area contributed by atoms with Crippen molar-refractivity contribution in [1.82, 2.24) is 19.9 Å². The van der Waals surface area contributed by atoms with Crippen LogP contribution in [0.3, 0.4) is 0 Å². The molecule has 3 aromatic heterocycles. The first kappa shape index (κ1) is 27.6. The van der Waals surface area contributed by atoms with Crippen LogP contribution in [0.25, 0.3) is 88.9 Å². The number of nitrogens with one attached hydrogen (secondary N) is 1. The van der Waals surface area contributed by atoms with Gasteiger partial charge in [-0.15, -0.1) is 0 Å². The van der Waals surface area contributed by atoms with Crippen molar-refractivity contribution in [3.63, 3.8) is 0 Å². The van der Waals surface area contributed by atoms with Crippen molar-refractivity contribution < 1.29 is 0 Å². The Hall–Kier alpha value is -6.52. The Morgan fingerprint density at radius 2 is 1.10 bits per heavy atom. The fraction of sp³-hybridized carbons (Fsp3) is 0.0222. The minimum Gasteiger partial charge on any atom is -0.385 e. The van der Waals surface area contributed by atoms with E-state index < -0.39 is 0 Å². The van der Waals surface area contributed by atoms with Crippen molar-refractivity contribution in [3.05, 3.63) is 169 Å². The maximum Gasteiger partial charge on any atom is 0.138 e. The second-order valence-electron chi connectivity index (χ2n) is 12.6. The second kappa shape index (κ2) is 11.0. The van der Waals surface area contributed by atoms with Gasteiger partial charge in [0.1, 0.15) is 5.82 Å². The molecule has 4 heteroatoms. The van der Waals surface area contributed by atoms with Crippen LogP contribution in [-0.2, 0) is 6.54 Å². The van der Waals surface area contributed by atoms with E-state index >= 15 is 0 Å². The Morgan fingerprint density at radius 3 is 1.88 bits per heavy atom. The van der Waals surface area contributed by atoms with Crippen LogP contribution in [0.2, 0.25) is 0 Å². The van der Waals surface area contributed by atoms with Gasteiger partial charge >= 0.3 is 0 Å². The molecular weight excluding hydrogens is 597 g/mol. The lowest BCUT2D eigenvalue weighted by molar-refractivity contribution is 0.795. The Morgan fingerprint density at radius 1 is 0.490 bits per heavy atom. The summed E-state index contributed by atoms with van der Waals surface area (Å²) < 4.78 is 2.28. The van der Waals surface area contributed by atoms with Gasteiger partial charge in [-0.2, -0.15) is 0 Å². The van der Waals surface area contributed by atoms with Crippen molar-refractivity contribution in [2.75, 3.05) is 0 Å². The highest BCUT2D eigenvalue weighted by atomic mass is 15.1. The quantitative estimate of drug-likeness (QED) is 0.198. The van der Waals surface area contributed by atoms with Crippen molar-refractivity contribution >= 4 is 49.3 Å². The minimum absolute atomic E-state index is 0.746. The van der Waals surface area contributed by atoms with E-state index in [0.29, 0.717) is 0 Å². The van der Waals surface area contributed by atoms with Crippen molar-refractivity contribution in [1.29, 1.82) is 0 Å². The van der Waals surface area contributed by atoms with Gasteiger partial charge in [0.15, 0.2) is 0 Å². The highest BCUT2D eigenvalue weighted by molar-refractivity contribution is 6.21. The predicted octanol–water partition coefficient (Wildman–Crippen LogP) is 11.0. The van der Waals surface area contributed by atoms with Gasteiger partial charge in [0.05, 0.1) is 34.8 Å². The molecule has 0 unspecified atom stereocenters. The summed E-state index contributed by atoms with van der Waals surface area (Å²) in [4.78, 5) is 10.6. The lowest BCUT2D eigenvalue weighted by atomic mass is 9.86. The van der Waals surface area contributed by atoms with E-state index in [1.54, 1.807) is 0 Å². The zero-order valence-corrected chi connectivity index (χ0v) is 26.6. The number of pyridine rings is 2. The van der Waals surface area contributed by atoms with E-state index in [2.05, 4.69) is 168 Å². The van der Waals surface area contributed by atoms with Crippen LogP contribution in [-0.4, -0.2) is 14.5 Å². The number of benzene rings is 6. The molecule has 0 aliphatic carbocycles. The summed E-state index contributed by atoms with van der Waals surface area (Å²) in [6.07, 6.45) is 4.19. The zero-order valence-electron chi connectivity index (χ0n) is 26.6. The molecule has 1 aliphatic rings. The molecule has 4 heterocycles. The highest BCUT2D eigenvalue weighted by Gasteiger charge is 2.21. The molecule has 0 saturated carbocycles. The van der Waals surface area contributed by atoms with Gasteiger partial charge in [0, 0.05) is 16.5 Å². The third-order valence-corrected chi connectivity index (χ3v) is 9.85. The van der Waals surface area contributed by atoms with Gasteiger partial charge in [0.25, 0.3) is 0 Å². The van der Waals surface area contributed by atoms with Crippen LogP contribution in [0.5, 0.6) is 0 Å². The molecule has 0 spiro atoms. The summed E-state index contributed by atoms with van der Waals surface area (Å²) in [5.41, 5.74) is 9.81. The van der Waals surface area contributed by atoms with Crippen LogP contribution < -0.4 is 5.32 Å². The first-order valence-corrected chi connectivity index (χ1v) is 16.7. The van der Waals surface area contributed by atoms with Gasteiger partial charge in [-0.05, 0) is 92.1 Å². The summed E-state index contributed by atoms with van der Waals surface area (Å²) >= 11 is 0. The van der Waals surface area contributed by atoms with E-state index in [9.17, 15) is 0 Å². The maximum atomic E-state index is 5.33. The molecule has 10 rings (SSSR count). The van der Waals surface area contributed by atoms with Gasteiger partial charge in [-0.1, -0.05) is 115 Å². The number of hydrogen-bond acceptors (Lipinski definition) is 3. The van der Waals surface area contributed by atoms with Crippen LogP contribution >= 0.6 is 0 Å². The van der Waals surface area contributed by atoms with E-state index in [1.807, 2.05) is 6.20 Å². The fourth-order valence-corrected chi connectivity index (χ4v) is 7.70. The molecule has 0 bridgehead atoms. The number of hydrogen-bond donors (Lipinski definition) is 1. The lowest BCUT2D eigenvalue weighted by Crippen LogP contribution is -2.14. The first-order chi connectivity index (χ1) is 24.3. The summed E-state index contributed by atoms with van der Waals surface area (Å²) in [6.45, 7) is 0.746. The number of fused-ring (bicyclic) bond motifs is 6. The van der Waals surface area contributed by atoms with Crippen LogP contribution in [0.4, 0.5) is 0 Å². The molecule has 1 N–H and O–H groups in total. The predicted molar refractivity (Wildman–Crippen MR) is 204 cm³/mol. The highest BCUT2D eigenvalue weighted by Crippen LogP contribution is 2.44. The summed E-state index contributed by atoms with van der Waals surface area (Å²) in [5.74, 6) is 0.884. The standard InChI is InChI=1S/C45H30N4/c1-2-12-30-27-31(24-23-29(30)11-1)44-34-14-3-5-16-36(34)45(37-17-6-4-15-35(37)44)40-20-9-18-38(47-40)39-19-10-22-43(48-39)49-41-21-8-7-13-32(41)33-25-26-46-28-42(33)49/h1-27,46H,28H2. The van der Waals surface area contributed by atoms with Crippen molar-refractivity contribution in [2.24, 2.45) is 0 Å². The lowest BCUT2D eigenvalue weighted by Gasteiger charge is -2.18. The van der Waals surface area contributed by atoms with E-state index in [0.717, 1.165) is 40.5 Å². The molecule has 0 radical (unpaired) electrons. The Kier molecular flexibility index (Phi) is 6.21. The summed E-state index contributed by atoms with van der Waals surface area (Å²) in [5, 5.41) is 11.9. The number of rotatable bonds is 4.